The Hall–Kier alpha value is -2.06. The van der Waals surface area contributed by atoms with Crippen LogP contribution in [-0.4, -0.2) is 41.5 Å². The molecule has 0 spiro atoms. The molecular formula is C20H25F2NO5. The van der Waals surface area contributed by atoms with Crippen LogP contribution in [0.15, 0.2) is 18.2 Å². The van der Waals surface area contributed by atoms with Gasteiger partial charge < -0.3 is 19.5 Å². The van der Waals surface area contributed by atoms with Gasteiger partial charge in [0.25, 0.3) is 0 Å². The minimum absolute atomic E-state index is 0.0499. The van der Waals surface area contributed by atoms with E-state index < -0.39 is 53.3 Å². The lowest BCUT2D eigenvalue weighted by Gasteiger charge is -2.25. The molecule has 1 aromatic rings. The molecule has 1 saturated heterocycles. The van der Waals surface area contributed by atoms with Gasteiger partial charge in [0.2, 0.25) is 0 Å². The van der Waals surface area contributed by atoms with Gasteiger partial charge in [0.1, 0.15) is 11.7 Å². The average Bonchev–Trinajstić information content (AvgIpc) is 3.01. The quantitative estimate of drug-likeness (QED) is 0.790. The predicted octanol–water partition coefficient (Wildman–Crippen LogP) is 3.58. The van der Waals surface area contributed by atoms with Gasteiger partial charge in [-0.1, -0.05) is 0 Å². The first-order valence-electron chi connectivity index (χ1n) is 9.21. The van der Waals surface area contributed by atoms with Gasteiger partial charge >= 0.3 is 6.09 Å². The highest BCUT2D eigenvalue weighted by molar-refractivity contribution is 5.98. The van der Waals surface area contributed by atoms with Gasteiger partial charge in [-0.25, -0.2) is 13.6 Å². The minimum Gasteiger partial charge on any atom is -0.444 e. The number of ketones is 1. The lowest BCUT2D eigenvalue weighted by molar-refractivity contribution is -0.156. The summed E-state index contributed by atoms with van der Waals surface area (Å²) in [5, 5.41) is 2.75. The molecule has 154 valence electrons. The number of hydrogen-bond acceptors (Lipinski definition) is 5. The molecule has 6 nitrogen and oxygen atoms in total. The second-order valence-electron chi connectivity index (χ2n) is 8.65. The van der Waals surface area contributed by atoms with Crippen molar-refractivity contribution in [2.24, 2.45) is 5.92 Å². The van der Waals surface area contributed by atoms with Crippen LogP contribution in [0.4, 0.5) is 13.6 Å². The Kier molecular flexibility index (Phi) is 5.22. The van der Waals surface area contributed by atoms with Crippen LogP contribution < -0.4 is 5.32 Å². The van der Waals surface area contributed by atoms with Crippen molar-refractivity contribution in [2.75, 3.05) is 0 Å². The van der Waals surface area contributed by atoms with E-state index in [1.165, 1.54) is 6.07 Å². The van der Waals surface area contributed by atoms with Gasteiger partial charge in [-0.15, -0.1) is 0 Å². The Morgan fingerprint density at radius 2 is 1.79 bits per heavy atom. The number of amides is 1. The van der Waals surface area contributed by atoms with E-state index in [0.29, 0.717) is 0 Å². The first-order chi connectivity index (χ1) is 12.9. The summed E-state index contributed by atoms with van der Waals surface area (Å²) in [6.45, 7) is 8.68. The van der Waals surface area contributed by atoms with Crippen LogP contribution in [0.3, 0.4) is 0 Å². The van der Waals surface area contributed by atoms with E-state index in [4.69, 9.17) is 14.2 Å². The van der Waals surface area contributed by atoms with Crippen molar-refractivity contribution in [1.82, 2.24) is 5.32 Å². The molecule has 1 aromatic carbocycles. The third-order valence-electron chi connectivity index (χ3n) is 4.71. The highest BCUT2D eigenvalue weighted by Gasteiger charge is 2.56. The largest absolute Gasteiger partial charge is 0.444 e. The number of Topliss-reactive ketones (excluding diaryl/α,β-unsaturated/α-hetero) is 1. The van der Waals surface area contributed by atoms with E-state index in [1.807, 2.05) is 0 Å². The summed E-state index contributed by atoms with van der Waals surface area (Å²) < 4.78 is 43.8. The zero-order valence-electron chi connectivity index (χ0n) is 16.5. The second-order valence-corrected chi connectivity index (χ2v) is 8.65. The van der Waals surface area contributed by atoms with Gasteiger partial charge in [0, 0.05) is 5.56 Å². The lowest BCUT2D eigenvalue weighted by atomic mass is 9.94. The smallest absolute Gasteiger partial charge is 0.407 e. The Morgan fingerprint density at radius 3 is 2.39 bits per heavy atom. The highest BCUT2D eigenvalue weighted by atomic mass is 19.2. The van der Waals surface area contributed by atoms with Crippen LogP contribution in [0.2, 0.25) is 0 Å². The van der Waals surface area contributed by atoms with Crippen LogP contribution in [0, 0.1) is 17.6 Å². The molecule has 2 aliphatic rings. The number of ether oxygens (including phenoxy) is 3. The van der Waals surface area contributed by atoms with E-state index >= 15 is 0 Å². The van der Waals surface area contributed by atoms with E-state index in [0.717, 1.165) is 12.1 Å². The molecule has 1 heterocycles. The minimum atomic E-state index is -1.09. The van der Waals surface area contributed by atoms with Crippen LogP contribution in [-0.2, 0) is 14.2 Å². The van der Waals surface area contributed by atoms with E-state index in [2.05, 4.69) is 5.32 Å². The highest BCUT2D eigenvalue weighted by Crippen LogP contribution is 2.43. The maximum atomic E-state index is 13.6. The SMILES string of the molecule is CC(C)(C)OC(=O)N[C@@H]1C[C@H](C(=O)c2ccc(F)c(F)c2)[C@H]2OC(C)(C)O[C@H]21. The summed E-state index contributed by atoms with van der Waals surface area (Å²) in [6.07, 6.45) is -1.55. The zero-order chi connectivity index (χ0) is 20.9. The van der Waals surface area contributed by atoms with E-state index in [9.17, 15) is 18.4 Å². The topological polar surface area (TPSA) is 73.9 Å². The Balaban J connectivity index is 1.81. The molecule has 0 bridgehead atoms. The van der Waals surface area contributed by atoms with E-state index in [1.54, 1.807) is 34.6 Å². The lowest BCUT2D eigenvalue weighted by Crippen LogP contribution is -2.45. The fraction of sp³-hybridized carbons (Fsp3) is 0.600. The molecule has 1 aliphatic heterocycles. The van der Waals surface area contributed by atoms with Crippen molar-refractivity contribution in [3.63, 3.8) is 0 Å². The molecule has 1 aliphatic carbocycles. The van der Waals surface area contributed by atoms with Crippen molar-refractivity contribution in [1.29, 1.82) is 0 Å². The fourth-order valence-corrected chi connectivity index (χ4v) is 3.70. The monoisotopic (exact) mass is 397 g/mol. The van der Waals surface area contributed by atoms with Gasteiger partial charge in [0.05, 0.1) is 18.1 Å². The van der Waals surface area contributed by atoms with Gasteiger partial charge in [-0.05, 0) is 59.2 Å². The first-order valence-corrected chi connectivity index (χ1v) is 9.21. The van der Waals surface area contributed by atoms with Crippen molar-refractivity contribution < 1.29 is 32.6 Å². The molecule has 0 aromatic heterocycles. The van der Waals surface area contributed by atoms with Crippen molar-refractivity contribution in [3.05, 3.63) is 35.4 Å². The van der Waals surface area contributed by atoms with Gasteiger partial charge in [-0.3, -0.25) is 4.79 Å². The molecule has 8 heteroatoms. The number of benzene rings is 1. The number of halogens is 2. The molecule has 28 heavy (non-hydrogen) atoms. The number of rotatable bonds is 3. The maximum absolute atomic E-state index is 13.6. The third-order valence-corrected chi connectivity index (χ3v) is 4.71. The molecule has 1 amide bonds. The average molecular weight is 397 g/mol. The number of alkyl carbamates (subject to hydrolysis) is 1. The van der Waals surface area contributed by atoms with Crippen molar-refractivity contribution in [3.8, 4) is 0 Å². The second kappa shape index (κ2) is 7.08. The van der Waals surface area contributed by atoms with Crippen molar-refractivity contribution in [2.45, 2.75) is 70.7 Å². The first kappa shape index (κ1) is 20.7. The standard InChI is InChI=1S/C20H25F2NO5/c1-19(2,3)28-18(25)23-14-9-11(16-17(14)27-20(4,5)26-16)15(24)10-6-7-12(21)13(22)8-10/h6-8,11,14,16-17H,9H2,1-5H3,(H,23,25)/t11-,14-,16-,17+/m1/s1. The zero-order valence-corrected chi connectivity index (χ0v) is 16.5. The number of nitrogens with one attached hydrogen (secondary N) is 1. The maximum Gasteiger partial charge on any atom is 0.407 e. The van der Waals surface area contributed by atoms with Crippen LogP contribution >= 0.6 is 0 Å². The number of carbonyl (C=O) groups excluding carboxylic acids is 2. The van der Waals surface area contributed by atoms with Gasteiger partial charge in [-0.2, -0.15) is 0 Å². The number of hydrogen-bond donors (Lipinski definition) is 1. The molecule has 1 saturated carbocycles. The molecule has 3 rings (SSSR count). The van der Waals surface area contributed by atoms with Crippen molar-refractivity contribution >= 4 is 11.9 Å². The molecule has 1 N–H and O–H groups in total. The molecular weight excluding hydrogens is 372 g/mol. The third kappa shape index (κ3) is 4.33. The summed E-state index contributed by atoms with van der Waals surface area (Å²) in [6, 6.07) is 2.52. The summed E-state index contributed by atoms with van der Waals surface area (Å²) in [4.78, 5) is 25.1. The number of carbonyl (C=O) groups is 2. The molecule has 2 fully saturated rings. The summed E-state index contributed by atoms with van der Waals surface area (Å²) in [7, 11) is 0. The van der Waals surface area contributed by atoms with Gasteiger partial charge in [0.15, 0.2) is 23.2 Å². The number of fused-ring (bicyclic) bond motifs is 1. The van der Waals surface area contributed by atoms with Crippen LogP contribution in [0.1, 0.15) is 51.4 Å². The molecule has 0 unspecified atom stereocenters. The van der Waals surface area contributed by atoms with Crippen LogP contribution in [0.5, 0.6) is 0 Å². The summed E-state index contributed by atoms with van der Waals surface area (Å²) in [5.74, 6) is -4.10. The summed E-state index contributed by atoms with van der Waals surface area (Å²) >= 11 is 0. The van der Waals surface area contributed by atoms with Crippen LogP contribution in [0.25, 0.3) is 0 Å². The Labute approximate surface area is 162 Å². The van der Waals surface area contributed by atoms with E-state index in [-0.39, 0.29) is 17.8 Å². The molecule has 0 radical (unpaired) electrons. The summed E-state index contributed by atoms with van der Waals surface area (Å²) in [5.41, 5.74) is -0.621. The predicted molar refractivity (Wildman–Crippen MR) is 95.8 cm³/mol. The fourth-order valence-electron chi connectivity index (χ4n) is 3.70. The Morgan fingerprint density at radius 1 is 1.14 bits per heavy atom. The molecule has 4 atom stereocenters. The normalized spacial score (nSPS) is 28.7. The Bertz CT molecular complexity index is 789.